The summed E-state index contributed by atoms with van der Waals surface area (Å²) in [6.45, 7) is 2.66. The van der Waals surface area contributed by atoms with E-state index in [4.69, 9.17) is 10.2 Å². The molecule has 0 aliphatic heterocycles. The van der Waals surface area contributed by atoms with Gasteiger partial charge in [0.1, 0.15) is 17.1 Å². The van der Waals surface area contributed by atoms with Gasteiger partial charge >= 0.3 is 58.0 Å². The van der Waals surface area contributed by atoms with Crippen molar-refractivity contribution in [3.05, 3.63) is 81.3 Å². The quantitative estimate of drug-likeness (QED) is 0.112. The standard InChI is InChI=1S/C9H8O4.C8H10N4O2.C8H9NO2.Al.Mg.5H2O/c1-6(10)13-8-5-3-2-4-7(8)9(11)12;1-10-4-9-6-5(10)7(13)12(3)8(14)11(6)2;1-6(10)9-7-2-4-8(11)5-3-7;;;;;;;/h2-5H,1H3,(H,11,12);4H,1-3H3;2-5,11H,1H3,(H,9,10);;;5*1H2/q;;;+3;+2;;;;;/p-5. The van der Waals surface area contributed by atoms with Gasteiger partial charge in [-0.15, -0.1) is 0 Å². The van der Waals surface area contributed by atoms with Gasteiger partial charge < -0.3 is 52.2 Å². The molecular weight excluding hydrogens is 630 g/mol. The molecule has 0 bridgehead atoms. The van der Waals surface area contributed by atoms with Gasteiger partial charge in [-0.05, 0) is 36.4 Å². The van der Waals surface area contributed by atoms with E-state index in [1.807, 2.05) is 0 Å². The second-order valence-corrected chi connectivity index (χ2v) is 7.86. The summed E-state index contributed by atoms with van der Waals surface area (Å²) in [7, 11) is 4.77. The van der Waals surface area contributed by atoms with Gasteiger partial charge in [0.15, 0.2) is 11.2 Å². The number of amides is 1. The second-order valence-electron chi connectivity index (χ2n) is 7.86. The van der Waals surface area contributed by atoms with Crippen LogP contribution < -0.4 is 21.3 Å². The van der Waals surface area contributed by atoms with Crippen molar-refractivity contribution in [1.29, 1.82) is 0 Å². The van der Waals surface area contributed by atoms with Crippen molar-refractivity contribution in [2.24, 2.45) is 21.1 Å². The van der Waals surface area contributed by atoms with Crippen LogP contribution in [0.25, 0.3) is 11.2 Å². The first kappa shape index (κ1) is 53.5. The number of aromatic hydroxyl groups is 1. The van der Waals surface area contributed by atoms with Gasteiger partial charge in [-0.2, -0.15) is 0 Å². The molecule has 0 unspecified atom stereocenters. The van der Waals surface area contributed by atoms with Crippen LogP contribution >= 0.6 is 0 Å². The average molecular weight is 662 g/mol. The molecule has 2 aromatic heterocycles. The molecule has 0 saturated heterocycles. The smallest absolute Gasteiger partial charge is 0.870 e. The molecule has 2 heterocycles. The number of carboxylic acids is 1. The molecule has 4 rings (SSSR count). The number of nitrogens with one attached hydrogen (secondary N) is 1. The van der Waals surface area contributed by atoms with Crippen LogP contribution in [0.1, 0.15) is 24.2 Å². The number of esters is 1. The molecule has 0 aliphatic carbocycles. The number of aromatic nitrogens is 4. The van der Waals surface area contributed by atoms with Gasteiger partial charge in [-0.25, -0.2) is 14.6 Å². The summed E-state index contributed by atoms with van der Waals surface area (Å²) in [6.07, 6.45) is 1.52. The largest absolute Gasteiger partial charge is 3.00 e. The number of hydrogen-bond acceptors (Lipinski definition) is 13. The number of nitrogens with zero attached hydrogens (tertiary/aromatic N) is 4. The fourth-order valence-corrected chi connectivity index (χ4v) is 3.11. The number of rotatable bonds is 3. The average Bonchev–Trinajstić information content (AvgIpc) is 3.25. The Hall–Kier alpha value is -4.10. The van der Waals surface area contributed by atoms with Crippen molar-refractivity contribution in [2.45, 2.75) is 13.8 Å². The number of aromatic carboxylic acids is 1. The number of fused-ring (bicyclic) bond motifs is 1. The molecule has 8 N–H and O–H groups in total. The minimum absolute atomic E-state index is 0. The van der Waals surface area contributed by atoms with E-state index < -0.39 is 11.9 Å². The number of carboxylic acid groups (broad SMARTS) is 1. The van der Waals surface area contributed by atoms with E-state index in [0.717, 1.165) is 4.57 Å². The fourth-order valence-electron chi connectivity index (χ4n) is 3.11. The molecule has 20 heteroatoms. The van der Waals surface area contributed by atoms with E-state index >= 15 is 0 Å². The molecule has 2 aromatic carbocycles. The maximum Gasteiger partial charge on any atom is 3.00 e. The Morgan fingerprint density at radius 3 is 1.82 bits per heavy atom. The maximum atomic E-state index is 11.7. The van der Waals surface area contributed by atoms with Gasteiger partial charge in [0, 0.05) is 40.7 Å². The molecule has 0 aliphatic rings. The first-order valence-corrected chi connectivity index (χ1v) is 11.0. The van der Waals surface area contributed by atoms with Crippen molar-refractivity contribution in [3.63, 3.8) is 0 Å². The third-order valence-corrected chi connectivity index (χ3v) is 4.88. The number of para-hydroxylation sites is 1. The summed E-state index contributed by atoms with van der Waals surface area (Å²) in [4.78, 5) is 58.9. The molecule has 1 amide bonds. The Kier molecular flexibility index (Phi) is 28.8. The van der Waals surface area contributed by atoms with Crippen LogP contribution in [-0.2, 0) is 30.7 Å². The van der Waals surface area contributed by atoms with Crippen LogP contribution in [0.5, 0.6) is 11.5 Å². The predicted molar refractivity (Wildman–Crippen MR) is 160 cm³/mol. The van der Waals surface area contributed by atoms with Crippen molar-refractivity contribution in [3.8, 4) is 11.5 Å². The Morgan fingerprint density at radius 2 is 1.36 bits per heavy atom. The normalized spacial score (nSPS) is 8.38. The topological polar surface area (TPSA) is 325 Å². The number of anilines is 1. The zero-order chi connectivity index (χ0) is 28.6. The van der Waals surface area contributed by atoms with Crippen LogP contribution in [0.3, 0.4) is 0 Å². The number of aryl methyl sites for hydroxylation is 2. The van der Waals surface area contributed by atoms with Gasteiger partial charge in [0.25, 0.3) is 5.56 Å². The van der Waals surface area contributed by atoms with Crippen LogP contribution in [-0.4, -0.2) is 115 Å². The third kappa shape index (κ3) is 15.0. The van der Waals surface area contributed by atoms with Gasteiger partial charge in [0.05, 0.1) is 6.33 Å². The Labute approximate surface area is 282 Å². The summed E-state index contributed by atoms with van der Waals surface area (Å²) in [5, 5.41) is 20.1. The first-order valence-electron chi connectivity index (χ1n) is 11.0. The molecule has 0 atom stereocenters. The van der Waals surface area contributed by atoms with Crippen LogP contribution in [0.15, 0.2) is 64.4 Å². The fraction of sp³-hybridized carbons (Fsp3) is 0.200. The molecule has 4 aromatic rings. The van der Waals surface area contributed by atoms with Crippen molar-refractivity contribution in [2.75, 3.05) is 5.32 Å². The molecule has 0 saturated carbocycles. The van der Waals surface area contributed by atoms with Crippen molar-refractivity contribution >= 4 is 75.1 Å². The number of phenols is 1. The first-order chi connectivity index (χ1) is 17.8. The number of imidazole rings is 1. The minimum atomic E-state index is -1.11. The summed E-state index contributed by atoms with van der Waals surface area (Å²) in [5.74, 6) is -1.50. The number of hydrogen-bond donors (Lipinski definition) is 3. The molecule has 0 spiro atoms. The van der Waals surface area contributed by atoms with Gasteiger partial charge in [0.2, 0.25) is 5.91 Å². The van der Waals surface area contributed by atoms with E-state index in [1.165, 1.54) is 56.1 Å². The van der Waals surface area contributed by atoms with Gasteiger partial charge in [-0.1, -0.05) is 12.1 Å². The van der Waals surface area contributed by atoms with E-state index in [9.17, 15) is 24.0 Å². The van der Waals surface area contributed by atoms with E-state index in [1.54, 1.807) is 42.9 Å². The van der Waals surface area contributed by atoms with E-state index in [0.29, 0.717) is 16.9 Å². The van der Waals surface area contributed by atoms with Crippen LogP contribution in [0, 0.1) is 0 Å². The van der Waals surface area contributed by atoms with E-state index in [-0.39, 0.29) is 102 Å². The number of benzene rings is 2. The minimum Gasteiger partial charge on any atom is -0.870 e. The Balaban J connectivity index is -0.000000118. The number of phenolic OH excluding ortho intramolecular Hbond substituents is 1. The van der Waals surface area contributed by atoms with Crippen LogP contribution in [0.4, 0.5) is 5.69 Å². The Bertz CT molecular complexity index is 1610. The molecule has 0 radical (unpaired) electrons. The molecular formula is C25H32AlMgN5O13. The van der Waals surface area contributed by atoms with Gasteiger partial charge in [-0.3, -0.25) is 23.5 Å². The summed E-state index contributed by atoms with van der Waals surface area (Å²) in [6, 6.07) is 12.3. The third-order valence-electron chi connectivity index (χ3n) is 4.88. The molecule has 0 fully saturated rings. The monoisotopic (exact) mass is 661 g/mol. The van der Waals surface area contributed by atoms with Crippen molar-refractivity contribution < 1.29 is 56.7 Å². The number of carbonyl (C=O) groups is 3. The van der Waals surface area contributed by atoms with E-state index in [2.05, 4.69) is 15.0 Å². The predicted octanol–water partition coefficient (Wildman–Crippen LogP) is -0.0142. The second kappa shape index (κ2) is 24.2. The summed E-state index contributed by atoms with van der Waals surface area (Å²) in [5.41, 5.74) is 0.854. The Morgan fingerprint density at radius 1 is 0.844 bits per heavy atom. The molecule has 240 valence electrons. The number of carbonyl (C=O) groups excluding carboxylic acids is 2. The summed E-state index contributed by atoms with van der Waals surface area (Å²) < 4.78 is 8.73. The van der Waals surface area contributed by atoms with Crippen molar-refractivity contribution in [1.82, 2.24) is 18.7 Å². The SMILES string of the molecule is CC(=O)Nc1ccc(O)cc1.CC(=O)Oc1ccccc1C(=O)O.Cn1c(=O)c2c(ncn2C)n(C)c1=O.[Al+3].[Mg+2].[OH-].[OH-].[OH-].[OH-].[OH-]. The molecule has 18 nitrogen and oxygen atoms in total. The summed E-state index contributed by atoms with van der Waals surface area (Å²) >= 11 is 0. The maximum absolute atomic E-state index is 11.7. The zero-order valence-corrected chi connectivity index (χ0v) is 27.4. The number of ether oxygens (including phenoxy) is 1. The molecule has 45 heavy (non-hydrogen) atoms. The van der Waals surface area contributed by atoms with Crippen LogP contribution in [0.2, 0.25) is 0 Å². The zero-order valence-electron chi connectivity index (χ0n) is 24.8.